The van der Waals surface area contributed by atoms with Crippen molar-refractivity contribution in [1.29, 1.82) is 0 Å². The van der Waals surface area contributed by atoms with Gasteiger partial charge in [-0.15, -0.1) is 0 Å². The van der Waals surface area contributed by atoms with Crippen LogP contribution in [0.25, 0.3) is 0 Å². The Labute approximate surface area is 156 Å². The first-order valence-corrected chi connectivity index (χ1v) is 9.27. The third-order valence-electron chi connectivity index (χ3n) is 4.06. The Bertz CT molecular complexity index is 688. The maximum absolute atomic E-state index is 12.3. The molecule has 2 N–H and O–H groups in total. The van der Waals surface area contributed by atoms with Crippen molar-refractivity contribution in [2.45, 2.75) is 34.2 Å². The molecule has 0 atom stereocenters. The van der Waals surface area contributed by atoms with E-state index in [-0.39, 0.29) is 5.91 Å². The average molecular weight is 355 g/mol. The standard InChI is InChI=1S/C18H23N5O.C2H6/c1-13-11-16(22-14(2)21-13)12-20-18(24)15-3-5-17(6-4-15)23-9-7-19-8-10-23;1-2/h3-6,11,19H,7-10,12H2,1-2H3,(H,20,24);1-2H3. The summed E-state index contributed by atoms with van der Waals surface area (Å²) in [6, 6.07) is 9.67. The maximum atomic E-state index is 12.3. The molecular formula is C20H29N5O. The molecule has 0 bridgehead atoms. The number of anilines is 1. The molecule has 1 amide bonds. The summed E-state index contributed by atoms with van der Waals surface area (Å²) in [5, 5.41) is 6.25. The zero-order valence-corrected chi connectivity index (χ0v) is 16.2. The maximum Gasteiger partial charge on any atom is 0.251 e. The van der Waals surface area contributed by atoms with Crippen LogP contribution in [0.2, 0.25) is 0 Å². The van der Waals surface area contributed by atoms with Crippen molar-refractivity contribution >= 4 is 11.6 Å². The van der Waals surface area contributed by atoms with Gasteiger partial charge in [0.1, 0.15) is 5.82 Å². The van der Waals surface area contributed by atoms with Crippen LogP contribution in [0.3, 0.4) is 0 Å². The molecule has 2 aromatic rings. The van der Waals surface area contributed by atoms with Gasteiger partial charge >= 0.3 is 0 Å². The van der Waals surface area contributed by atoms with Crippen molar-refractivity contribution in [1.82, 2.24) is 20.6 Å². The molecule has 3 rings (SSSR count). The largest absolute Gasteiger partial charge is 0.369 e. The Morgan fingerprint density at radius 1 is 1.12 bits per heavy atom. The highest BCUT2D eigenvalue weighted by Crippen LogP contribution is 2.15. The lowest BCUT2D eigenvalue weighted by molar-refractivity contribution is 0.0950. The van der Waals surface area contributed by atoms with Crippen LogP contribution in [0.1, 0.15) is 41.4 Å². The van der Waals surface area contributed by atoms with E-state index in [1.54, 1.807) is 0 Å². The van der Waals surface area contributed by atoms with E-state index >= 15 is 0 Å². The quantitative estimate of drug-likeness (QED) is 0.882. The normalized spacial score (nSPS) is 13.6. The second-order valence-corrected chi connectivity index (χ2v) is 6.01. The first-order valence-electron chi connectivity index (χ1n) is 9.27. The molecule has 0 aliphatic carbocycles. The van der Waals surface area contributed by atoms with E-state index < -0.39 is 0 Å². The highest BCUT2D eigenvalue weighted by molar-refractivity contribution is 5.94. The zero-order chi connectivity index (χ0) is 18.9. The zero-order valence-electron chi connectivity index (χ0n) is 16.2. The topological polar surface area (TPSA) is 70.2 Å². The van der Waals surface area contributed by atoms with Crippen LogP contribution in [0.4, 0.5) is 5.69 Å². The number of nitrogens with one attached hydrogen (secondary N) is 2. The number of nitrogens with zero attached hydrogens (tertiary/aromatic N) is 3. The molecule has 1 aromatic carbocycles. The molecule has 1 saturated heterocycles. The summed E-state index contributed by atoms with van der Waals surface area (Å²) >= 11 is 0. The Kier molecular flexibility index (Phi) is 7.53. The number of piperazine rings is 1. The Morgan fingerprint density at radius 3 is 2.38 bits per heavy atom. The number of hydrogen-bond donors (Lipinski definition) is 2. The van der Waals surface area contributed by atoms with Crippen LogP contribution in [-0.2, 0) is 6.54 Å². The third-order valence-corrected chi connectivity index (χ3v) is 4.06. The first-order chi connectivity index (χ1) is 12.6. The van der Waals surface area contributed by atoms with E-state index in [0.29, 0.717) is 12.1 Å². The van der Waals surface area contributed by atoms with Crippen molar-refractivity contribution in [3.8, 4) is 0 Å². The van der Waals surface area contributed by atoms with Gasteiger partial charge in [0, 0.05) is 43.1 Å². The van der Waals surface area contributed by atoms with Crippen LogP contribution in [-0.4, -0.2) is 42.1 Å². The molecule has 0 spiro atoms. The van der Waals surface area contributed by atoms with Gasteiger partial charge in [0.25, 0.3) is 5.91 Å². The van der Waals surface area contributed by atoms with Crippen molar-refractivity contribution in [2.24, 2.45) is 0 Å². The summed E-state index contributed by atoms with van der Waals surface area (Å²) in [6.07, 6.45) is 0. The fourth-order valence-corrected chi connectivity index (χ4v) is 2.90. The first kappa shape index (κ1) is 19.8. The van der Waals surface area contributed by atoms with Gasteiger partial charge in [-0.25, -0.2) is 9.97 Å². The van der Waals surface area contributed by atoms with Crippen molar-refractivity contribution in [3.05, 3.63) is 53.1 Å². The molecule has 1 aliphatic rings. The lowest BCUT2D eigenvalue weighted by Crippen LogP contribution is -2.43. The van der Waals surface area contributed by atoms with Crippen LogP contribution in [0.15, 0.2) is 30.3 Å². The van der Waals surface area contributed by atoms with E-state index in [2.05, 4.69) is 25.5 Å². The minimum absolute atomic E-state index is 0.0872. The van der Waals surface area contributed by atoms with Crippen molar-refractivity contribution < 1.29 is 4.79 Å². The summed E-state index contributed by atoms with van der Waals surface area (Å²) in [6.45, 7) is 12.2. The fraction of sp³-hybridized carbons (Fsp3) is 0.450. The number of aromatic nitrogens is 2. The second kappa shape index (κ2) is 9.87. The molecule has 1 fully saturated rings. The van der Waals surface area contributed by atoms with Gasteiger partial charge in [-0.1, -0.05) is 13.8 Å². The molecule has 1 aliphatic heterocycles. The summed E-state index contributed by atoms with van der Waals surface area (Å²) < 4.78 is 0. The molecule has 0 radical (unpaired) electrons. The van der Waals surface area contributed by atoms with E-state index in [4.69, 9.17) is 0 Å². The smallest absolute Gasteiger partial charge is 0.251 e. The number of hydrogen-bond acceptors (Lipinski definition) is 5. The lowest BCUT2D eigenvalue weighted by Gasteiger charge is -2.29. The lowest BCUT2D eigenvalue weighted by atomic mass is 10.1. The highest BCUT2D eigenvalue weighted by atomic mass is 16.1. The van der Waals surface area contributed by atoms with Crippen LogP contribution < -0.4 is 15.5 Å². The molecule has 2 heterocycles. The number of carbonyl (C=O) groups is 1. The third kappa shape index (κ3) is 5.52. The Balaban J connectivity index is 0.00000117. The predicted octanol–water partition coefficient (Wildman–Crippen LogP) is 2.46. The predicted molar refractivity (Wildman–Crippen MR) is 106 cm³/mol. The Hall–Kier alpha value is -2.47. The van der Waals surface area contributed by atoms with Gasteiger partial charge < -0.3 is 15.5 Å². The molecular weight excluding hydrogens is 326 g/mol. The van der Waals surface area contributed by atoms with E-state index in [9.17, 15) is 4.79 Å². The van der Waals surface area contributed by atoms with Crippen molar-refractivity contribution in [3.63, 3.8) is 0 Å². The van der Waals surface area contributed by atoms with E-state index in [1.807, 2.05) is 58.0 Å². The molecule has 1 aromatic heterocycles. The number of aryl methyl sites for hydroxylation is 2. The van der Waals surface area contributed by atoms with Crippen molar-refractivity contribution in [2.75, 3.05) is 31.1 Å². The molecule has 26 heavy (non-hydrogen) atoms. The Morgan fingerprint density at radius 2 is 1.77 bits per heavy atom. The molecule has 6 nitrogen and oxygen atoms in total. The average Bonchev–Trinajstić information content (AvgIpc) is 2.68. The van der Waals surface area contributed by atoms with Gasteiger partial charge in [0.05, 0.1) is 12.2 Å². The number of rotatable bonds is 4. The van der Waals surface area contributed by atoms with E-state index in [1.165, 1.54) is 0 Å². The summed E-state index contributed by atoms with van der Waals surface area (Å²) in [5.41, 5.74) is 3.56. The number of carbonyl (C=O) groups excluding carboxylic acids is 1. The van der Waals surface area contributed by atoms with Gasteiger partial charge in [0.15, 0.2) is 0 Å². The fourth-order valence-electron chi connectivity index (χ4n) is 2.90. The van der Waals surface area contributed by atoms with Crippen LogP contribution >= 0.6 is 0 Å². The highest BCUT2D eigenvalue weighted by Gasteiger charge is 2.11. The minimum Gasteiger partial charge on any atom is -0.369 e. The summed E-state index contributed by atoms with van der Waals surface area (Å²) in [4.78, 5) is 23.2. The molecule has 0 unspecified atom stereocenters. The summed E-state index contributed by atoms with van der Waals surface area (Å²) in [5.74, 6) is 0.635. The monoisotopic (exact) mass is 355 g/mol. The number of benzene rings is 1. The van der Waals surface area contributed by atoms with E-state index in [0.717, 1.165) is 49.1 Å². The van der Waals surface area contributed by atoms with Gasteiger partial charge in [0.2, 0.25) is 0 Å². The molecule has 0 saturated carbocycles. The van der Waals surface area contributed by atoms with Crippen LogP contribution in [0, 0.1) is 13.8 Å². The molecule has 6 heteroatoms. The minimum atomic E-state index is -0.0872. The van der Waals surface area contributed by atoms with Crippen LogP contribution in [0.5, 0.6) is 0 Å². The van der Waals surface area contributed by atoms with Gasteiger partial charge in [-0.3, -0.25) is 4.79 Å². The molecule has 140 valence electrons. The van der Waals surface area contributed by atoms with Gasteiger partial charge in [-0.05, 0) is 44.2 Å². The van der Waals surface area contributed by atoms with Gasteiger partial charge in [-0.2, -0.15) is 0 Å². The summed E-state index contributed by atoms with van der Waals surface area (Å²) in [7, 11) is 0. The second-order valence-electron chi connectivity index (χ2n) is 6.01. The SMILES string of the molecule is CC.Cc1cc(CNC(=O)c2ccc(N3CCNCC3)cc2)nc(C)n1. The number of amides is 1.